The zero-order valence-electron chi connectivity index (χ0n) is 9.08. The van der Waals surface area contributed by atoms with E-state index in [0.717, 1.165) is 16.6 Å². The molecule has 0 atom stereocenters. The smallest absolute Gasteiger partial charge is 0.263 e. The van der Waals surface area contributed by atoms with Crippen LogP contribution < -0.4 is 5.32 Å². The molecule has 6 heteroatoms. The second-order valence-corrected chi connectivity index (χ2v) is 5.38. The molecule has 0 radical (unpaired) electrons. The molecule has 1 aromatic heterocycles. The summed E-state index contributed by atoms with van der Waals surface area (Å²) in [5.74, 6) is -0.149. The van der Waals surface area contributed by atoms with Gasteiger partial charge < -0.3 is 5.32 Å². The van der Waals surface area contributed by atoms with Crippen LogP contribution in [0.4, 0.5) is 0 Å². The third-order valence-corrected chi connectivity index (χ3v) is 3.60. The molecule has 1 aliphatic rings. The maximum atomic E-state index is 11.5. The first-order valence-corrected chi connectivity index (χ1v) is 6.40. The van der Waals surface area contributed by atoms with E-state index in [2.05, 4.69) is 15.3 Å². The summed E-state index contributed by atoms with van der Waals surface area (Å²) in [5.41, 5.74) is 2.54. The fourth-order valence-electron chi connectivity index (χ4n) is 1.64. The maximum absolute atomic E-state index is 11.5. The summed E-state index contributed by atoms with van der Waals surface area (Å²) < 4.78 is 0.492. The first-order chi connectivity index (χ1) is 8.72. The molecule has 2 heterocycles. The Kier molecular flexibility index (Phi) is 2.81. The van der Waals surface area contributed by atoms with Gasteiger partial charge in [0.2, 0.25) is 0 Å². The van der Waals surface area contributed by atoms with Gasteiger partial charge in [-0.05, 0) is 23.8 Å². The van der Waals surface area contributed by atoms with Gasteiger partial charge in [-0.15, -0.1) is 0 Å². The molecule has 1 N–H and O–H groups in total. The van der Waals surface area contributed by atoms with Crippen molar-refractivity contribution in [2.24, 2.45) is 0 Å². The van der Waals surface area contributed by atoms with Crippen molar-refractivity contribution in [3.8, 4) is 0 Å². The summed E-state index contributed by atoms with van der Waals surface area (Å²) in [6.07, 6.45) is 5.10. The van der Waals surface area contributed by atoms with Crippen LogP contribution in [0, 0.1) is 0 Å². The van der Waals surface area contributed by atoms with Crippen molar-refractivity contribution in [2.45, 2.75) is 0 Å². The first-order valence-electron chi connectivity index (χ1n) is 5.18. The Morgan fingerprint density at radius 1 is 1.22 bits per heavy atom. The van der Waals surface area contributed by atoms with E-state index in [4.69, 9.17) is 12.2 Å². The van der Waals surface area contributed by atoms with Crippen LogP contribution in [0.2, 0.25) is 0 Å². The number of thioether (sulfide) groups is 1. The number of rotatable bonds is 1. The second kappa shape index (κ2) is 4.47. The van der Waals surface area contributed by atoms with Gasteiger partial charge in [-0.1, -0.05) is 30.0 Å². The number of fused-ring (bicyclic) bond motifs is 1. The summed E-state index contributed by atoms with van der Waals surface area (Å²) in [4.78, 5) is 20.6. The van der Waals surface area contributed by atoms with Gasteiger partial charge in [0.05, 0.1) is 15.9 Å². The van der Waals surface area contributed by atoms with Gasteiger partial charge in [0, 0.05) is 12.4 Å². The number of hydrogen-bond acceptors (Lipinski definition) is 5. The van der Waals surface area contributed by atoms with Gasteiger partial charge in [0.15, 0.2) is 0 Å². The molecule has 1 saturated heterocycles. The van der Waals surface area contributed by atoms with Crippen molar-refractivity contribution >= 4 is 51.3 Å². The molecule has 2 aromatic rings. The standard InChI is InChI=1S/C12H7N3OS2/c16-11-10(18-12(17)15-11)6-7-1-2-8-9(5-7)14-4-3-13-8/h1-6H,(H,15,16,17)/b10-6-. The maximum Gasteiger partial charge on any atom is 0.263 e. The van der Waals surface area contributed by atoms with Gasteiger partial charge in [0.1, 0.15) is 4.32 Å². The van der Waals surface area contributed by atoms with Crippen LogP contribution in [0.25, 0.3) is 17.1 Å². The fourth-order valence-corrected chi connectivity index (χ4v) is 2.69. The molecule has 0 bridgehead atoms. The van der Waals surface area contributed by atoms with E-state index in [9.17, 15) is 4.79 Å². The number of benzene rings is 1. The molecule has 0 saturated carbocycles. The van der Waals surface area contributed by atoms with Crippen LogP contribution in [0.5, 0.6) is 0 Å². The lowest BCUT2D eigenvalue weighted by Crippen LogP contribution is -2.17. The molecular formula is C12H7N3OS2. The van der Waals surface area contributed by atoms with E-state index in [0.29, 0.717) is 9.23 Å². The molecule has 1 aromatic carbocycles. The number of nitrogens with zero attached hydrogens (tertiary/aromatic N) is 2. The first kappa shape index (κ1) is 11.3. The fraction of sp³-hybridized carbons (Fsp3) is 0. The minimum atomic E-state index is -0.149. The van der Waals surface area contributed by atoms with Crippen molar-refractivity contribution in [1.29, 1.82) is 0 Å². The molecule has 4 nitrogen and oxygen atoms in total. The van der Waals surface area contributed by atoms with Gasteiger partial charge >= 0.3 is 0 Å². The predicted molar refractivity (Wildman–Crippen MR) is 75.8 cm³/mol. The van der Waals surface area contributed by atoms with Crippen LogP contribution in [-0.2, 0) is 4.79 Å². The Hall–Kier alpha value is -1.79. The Morgan fingerprint density at radius 3 is 2.72 bits per heavy atom. The summed E-state index contributed by atoms with van der Waals surface area (Å²) in [5, 5.41) is 2.58. The van der Waals surface area contributed by atoms with Crippen LogP contribution in [0.3, 0.4) is 0 Å². The van der Waals surface area contributed by atoms with E-state index in [1.54, 1.807) is 18.5 Å². The second-order valence-electron chi connectivity index (χ2n) is 3.66. The number of amides is 1. The Labute approximate surface area is 113 Å². The molecule has 1 amide bonds. The highest BCUT2D eigenvalue weighted by atomic mass is 32.2. The molecule has 18 heavy (non-hydrogen) atoms. The summed E-state index contributed by atoms with van der Waals surface area (Å²) in [6, 6.07) is 5.67. The third-order valence-electron chi connectivity index (χ3n) is 2.43. The zero-order chi connectivity index (χ0) is 12.5. The highest BCUT2D eigenvalue weighted by Crippen LogP contribution is 2.26. The molecule has 1 fully saturated rings. The quantitative estimate of drug-likeness (QED) is 0.637. The molecule has 0 aliphatic carbocycles. The minimum absolute atomic E-state index is 0.149. The highest BCUT2D eigenvalue weighted by Gasteiger charge is 2.21. The average molecular weight is 273 g/mol. The number of thiocarbonyl (C=S) groups is 1. The van der Waals surface area contributed by atoms with E-state index < -0.39 is 0 Å². The van der Waals surface area contributed by atoms with Gasteiger partial charge in [-0.3, -0.25) is 14.8 Å². The number of carbonyl (C=O) groups excluding carboxylic acids is 1. The molecular weight excluding hydrogens is 266 g/mol. The van der Waals surface area contributed by atoms with Crippen molar-refractivity contribution in [3.63, 3.8) is 0 Å². The summed E-state index contributed by atoms with van der Waals surface area (Å²) in [6.45, 7) is 0. The monoisotopic (exact) mass is 273 g/mol. The van der Waals surface area contributed by atoms with Gasteiger partial charge in [-0.2, -0.15) is 0 Å². The summed E-state index contributed by atoms with van der Waals surface area (Å²) in [7, 11) is 0. The van der Waals surface area contributed by atoms with Gasteiger partial charge in [0.25, 0.3) is 5.91 Å². The third kappa shape index (κ3) is 2.12. The predicted octanol–water partition coefficient (Wildman–Crippen LogP) is 2.12. The molecule has 0 spiro atoms. The van der Waals surface area contributed by atoms with E-state index in [-0.39, 0.29) is 5.91 Å². The van der Waals surface area contributed by atoms with E-state index in [1.165, 1.54) is 11.8 Å². The number of aromatic nitrogens is 2. The lowest BCUT2D eigenvalue weighted by Gasteiger charge is -1.98. The molecule has 88 valence electrons. The minimum Gasteiger partial charge on any atom is -0.307 e. The van der Waals surface area contributed by atoms with Crippen molar-refractivity contribution in [3.05, 3.63) is 41.1 Å². The normalized spacial score (nSPS) is 17.4. The SMILES string of the molecule is O=C1NC(=S)S/C1=C\c1ccc2nccnc2c1. The van der Waals surface area contributed by atoms with Crippen LogP contribution in [0.1, 0.15) is 5.56 Å². The Bertz CT molecular complexity index is 697. The van der Waals surface area contributed by atoms with Crippen molar-refractivity contribution < 1.29 is 4.79 Å². The molecule has 0 unspecified atom stereocenters. The van der Waals surface area contributed by atoms with E-state index in [1.807, 2.05) is 18.2 Å². The molecule has 3 rings (SSSR count). The Balaban J connectivity index is 2.02. The largest absolute Gasteiger partial charge is 0.307 e. The zero-order valence-corrected chi connectivity index (χ0v) is 10.7. The van der Waals surface area contributed by atoms with E-state index >= 15 is 0 Å². The number of hydrogen-bond donors (Lipinski definition) is 1. The van der Waals surface area contributed by atoms with Crippen molar-refractivity contribution in [2.75, 3.05) is 0 Å². The van der Waals surface area contributed by atoms with Crippen molar-refractivity contribution in [1.82, 2.24) is 15.3 Å². The topological polar surface area (TPSA) is 54.9 Å². The van der Waals surface area contributed by atoms with Crippen LogP contribution in [0.15, 0.2) is 35.5 Å². The number of nitrogens with one attached hydrogen (secondary N) is 1. The lowest BCUT2D eigenvalue weighted by atomic mass is 10.2. The summed E-state index contributed by atoms with van der Waals surface area (Å²) >= 11 is 6.20. The van der Waals surface area contributed by atoms with Gasteiger partial charge in [-0.25, -0.2) is 0 Å². The lowest BCUT2D eigenvalue weighted by molar-refractivity contribution is -0.115. The van der Waals surface area contributed by atoms with Crippen LogP contribution in [-0.4, -0.2) is 20.2 Å². The highest BCUT2D eigenvalue weighted by molar-refractivity contribution is 8.26. The molecule has 1 aliphatic heterocycles. The van der Waals surface area contributed by atoms with Crippen LogP contribution >= 0.6 is 24.0 Å². The number of carbonyl (C=O) groups is 1. The Morgan fingerprint density at radius 2 is 2.00 bits per heavy atom. The average Bonchev–Trinajstić information content (AvgIpc) is 2.68.